The average Bonchev–Trinajstić information content (AvgIpc) is 2.74. The molecule has 0 radical (unpaired) electrons. The van der Waals surface area contributed by atoms with Crippen LogP contribution in [0.3, 0.4) is 0 Å². The van der Waals surface area contributed by atoms with E-state index in [-0.39, 0.29) is 11.7 Å². The molecule has 0 aliphatic heterocycles. The maximum atomic E-state index is 12.0. The van der Waals surface area contributed by atoms with Crippen LogP contribution in [-0.2, 0) is 0 Å². The molecule has 1 saturated carbocycles. The second-order valence-corrected chi connectivity index (χ2v) is 4.49. The summed E-state index contributed by atoms with van der Waals surface area (Å²) < 4.78 is 0. The van der Waals surface area contributed by atoms with Crippen molar-refractivity contribution in [1.29, 1.82) is 0 Å². The molecule has 3 heteroatoms. The van der Waals surface area contributed by atoms with E-state index >= 15 is 0 Å². The van der Waals surface area contributed by atoms with Crippen LogP contribution >= 0.6 is 11.6 Å². The number of rotatable bonds is 2. The van der Waals surface area contributed by atoms with E-state index in [4.69, 9.17) is 17.3 Å². The molecule has 1 aliphatic rings. The minimum Gasteiger partial charge on any atom is -0.398 e. The van der Waals surface area contributed by atoms with Gasteiger partial charge in [0.05, 0.1) is 10.7 Å². The topological polar surface area (TPSA) is 43.1 Å². The van der Waals surface area contributed by atoms with Gasteiger partial charge in [-0.1, -0.05) is 24.4 Å². The first-order valence-electron chi connectivity index (χ1n) is 5.27. The molecule has 1 aromatic carbocycles. The van der Waals surface area contributed by atoms with Gasteiger partial charge in [-0.2, -0.15) is 0 Å². The number of ketones is 1. The summed E-state index contributed by atoms with van der Waals surface area (Å²) >= 11 is 5.89. The van der Waals surface area contributed by atoms with E-state index in [9.17, 15) is 4.79 Å². The highest BCUT2D eigenvalue weighted by Crippen LogP contribution is 2.29. The lowest BCUT2D eigenvalue weighted by Crippen LogP contribution is -2.11. The predicted molar refractivity (Wildman–Crippen MR) is 62.2 cm³/mol. The molecule has 0 saturated heterocycles. The number of benzene rings is 1. The largest absolute Gasteiger partial charge is 0.398 e. The number of hydrogen-bond donors (Lipinski definition) is 1. The lowest BCUT2D eigenvalue weighted by molar-refractivity contribution is 0.0923. The third kappa shape index (κ3) is 2.15. The van der Waals surface area contributed by atoms with E-state index in [0.717, 1.165) is 12.8 Å². The Hall–Kier alpha value is -1.02. The van der Waals surface area contributed by atoms with Crippen molar-refractivity contribution in [2.45, 2.75) is 25.7 Å². The fourth-order valence-corrected chi connectivity index (χ4v) is 2.28. The van der Waals surface area contributed by atoms with E-state index < -0.39 is 0 Å². The quantitative estimate of drug-likeness (QED) is 0.618. The highest BCUT2D eigenvalue weighted by molar-refractivity contribution is 6.33. The molecule has 0 heterocycles. The van der Waals surface area contributed by atoms with Gasteiger partial charge in [0, 0.05) is 11.5 Å². The van der Waals surface area contributed by atoms with Crippen molar-refractivity contribution in [2.75, 3.05) is 5.73 Å². The van der Waals surface area contributed by atoms with Crippen molar-refractivity contribution in [1.82, 2.24) is 0 Å². The molecule has 2 nitrogen and oxygen atoms in total. The summed E-state index contributed by atoms with van der Waals surface area (Å²) in [6, 6.07) is 5.14. The highest BCUT2D eigenvalue weighted by Gasteiger charge is 2.23. The van der Waals surface area contributed by atoms with Crippen molar-refractivity contribution in [3.63, 3.8) is 0 Å². The second kappa shape index (κ2) is 4.23. The number of carbonyl (C=O) groups excluding carboxylic acids is 1. The first kappa shape index (κ1) is 10.5. The van der Waals surface area contributed by atoms with E-state index in [0.29, 0.717) is 16.3 Å². The van der Waals surface area contributed by atoms with Gasteiger partial charge in [0.2, 0.25) is 0 Å². The Bertz CT molecular complexity index is 383. The van der Waals surface area contributed by atoms with Crippen molar-refractivity contribution >= 4 is 23.1 Å². The molecule has 1 aliphatic carbocycles. The number of nitrogen functional groups attached to an aromatic ring is 1. The standard InChI is InChI=1S/C12H14ClNO/c13-10-7-9(5-6-11(10)14)12(15)8-3-1-2-4-8/h5-8H,1-4,14H2. The fraction of sp³-hybridized carbons (Fsp3) is 0.417. The molecular weight excluding hydrogens is 210 g/mol. The van der Waals surface area contributed by atoms with Crippen LogP contribution in [0.1, 0.15) is 36.0 Å². The van der Waals surface area contributed by atoms with Crippen LogP contribution in [0.25, 0.3) is 0 Å². The number of hydrogen-bond acceptors (Lipinski definition) is 2. The fourth-order valence-electron chi connectivity index (χ4n) is 2.10. The van der Waals surface area contributed by atoms with E-state index in [1.54, 1.807) is 18.2 Å². The lowest BCUT2D eigenvalue weighted by atomic mass is 9.96. The molecule has 2 N–H and O–H groups in total. The number of Topliss-reactive ketones (excluding diaryl/α,β-unsaturated/α-hetero) is 1. The van der Waals surface area contributed by atoms with Crippen LogP contribution < -0.4 is 5.73 Å². The third-order valence-electron chi connectivity index (χ3n) is 3.01. The highest BCUT2D eigenvalue weighted by atomic mass is 35.5. The van der Waals surface area contributed by atoms with Crippen LogP contribution in [0.15, 0.2) is 18.2 Å². The Morgan fingerprint density at radius 2 is 2.00 bits per heavy atom. The minimum absolute atomic E-state index is 0.199. The van der Waals surface area contributed by atoms with Crippen molar-refractivity contribution in [3.05, 3.63) is 28.8 Å². The summed E-state index contributed by atoms with van der Waals surface area (Å²) in [5.41, 5.74) is 6.82. The van der Waals surface area contributed by atoms with E-state index in [2.05, 4.69) is 0 Å². The van der Waals surface area contributed by atoms with Crippen LogP contribution in [-0.4, -0.2) is 5.78 Å². The van der Waals surface area contributed by atoms with Crippen LogP contribution in [0, 0.1) is 5.92 Å². The smallest absolute Gasteiger partial charge is 0.165 e. The summed E-state index contributed by atoms with van der Waals surface area (Å²) in [6.07, 6.45) is 4.36. The maximum absolute atomic E-state index is 12.0. The van der Waals surface area contributed by atoms with Crippen LogP contribution in [0.4, 0.5) is 5.69 Å². The van der Waals surface area contributed by atoms with Gasteiger partial charge in [-0.25, -0.2) is 0 Å². The molecule has 80 valence electrons. The Labute approximate surface area is 94.4 Å². The molecule has 0 spiro atoms. The predicted octanol–water partition coefficient (Wildman–Crippen LogP) is 3.30. The summed E-state index contributed by atoms with van der Waals surface area (Å²) in [7, 11) is 0. The molecule has 0 bridgehead atoms. The van der Waals surface area contributed by atoms with Gasteiger partial charge in [0.1, 0.15) is 0 Å². The molecular formula is C12H14ClNO. The van der Waals surface area contributed by atoms with Gasteiger partial charge in [0.25, 0.3) is 0 Å². The molecule has 2 rings (SSSR count). The van der Waals surface area contributed by atoms with Crippen molar-refractivity contribution in [2.24, 2.45) is 5.92 Å². The molecule has 0 atom stereocenters. The maximum Gasteiger partial charge on any atom is 0.165 e. The van der Waals surface area contributed by atoms with Gasteiger partial charge < -0.3 is 5.73 Å². The van der Waals surface area contributed by atoms with Crippen molar-refractivity contribution < 1.29 is 4.79 Å². The first-order chi connectivity index (χ1) is 7.18. The van der Waals surface area contributed by atoms with Crippen LogP contribution in [0.2, 0.25) is 5.02 Å². The zero-order valence-electron chi connectivity index (χ0n) is 8.50. The Morgan fingerprint density at radius 3 is 2.60 bits per heavy atom. The van der Waals surface area contributed by atoms with E-state index in [1.165, 1.54) is 12.8 Å². The summed E-state index contributed by atoms with van der Waals surface area (Å²) in [5.74, 6) is 0.416. The first-order valence-corrected chi connectivity index (χ1v) is 5.65. The van der Waals surface area contributed by atoms with Gasteiger partial charge in [0.15, 0.2) is 5.78 Å². The van der Waals surface area contributed by atoms with Gasteiger partial charge >= 0.3 is 0 Å². The zero-order chi connectivity index (χ0) is 10.8. The van der Waals surface area contributed by atoms with E-state index in [1.807, 2.05) is 0 Å². The normalized spacial score (nSPS) is 16.9. The van der Waals surface area contributed by atoms with Crippen molar-refractivity contribution in [3.8, 4) is 0 Å². The molecule has 15 heavy (non-hydrogen) atoms. The summed E-state index contributed by atoms with van der Waals surface area (Å²) in [5, 5.41) is 0.471. The van der Waals surface area contributed by atoms with Gasteiger partial charge in [-0.05, 0) is 31.0 Å². The van der Waals surface area contributed by atoms with Gasteiger partial charge in [-0.15, -0.1) is 0 Å². The monoisotopic (exact) mass is 223 g/mol. The summed E-state index contributed by atoms with van der Waals surface area (Å²) in [6.45, 7) is 0. The SMILES string of the molecule is Nc1ccc(C(=O)C2CCCC2)cc1Cl. The number of nitrogens with two attached hydrogens (primary N) is 1. The minimum atomic E-state index is 0.199. The molecule has 0 aromatic heterocycles. The molecule has 0 unspecified atom stereocenters. The summed E-state index contributed by atoms with van der Waals surface area (Å²) in [4.78, 5) is 12.0. The second-order valence-electron chi connectivity index (χ2n) is 4.08. The number of anilines is 1. The Balaban J connectivity index is 2.21. The zero-order valence-corrected chi connectivity index (χ0v) is 9.26. The molecule has 1 fully saturated rings. The number of carbonyl (C=O) groups is 1. The number of halogens is 1. The third-order valence-corrected chi connectivity index (χ3v) is 3.34. The van der Waals surface area contributed by atoms with Gasteiger partial charge in [-0.3, -0.25) is 4.79 Å². The Morgan fingerprint density at radius 1 is 1.33 bits per heavy atom. The lowest BCUT2D eigenvalue weighted by Gasteiger charge is -2.08. The van der Waals surface area contributed by atoms with Crippen LogP contribution in [0.5, 0.6) is 0 Å². The Kier molecular flexibility index (Phi) is 2.96. The average molecular weight is 224 g/mol. The molecule has 1 aromatic rings. The molecule has 0 amide bonds.